The van der Waals surface area contributed by atoms with Crippen LogP contribution in [-0.2, 0) is 19.6 Å². The summed E-state index contributed by atoms with van der Waals surface area (Å²) in [6.45, 7) is 0.465. The predicted molar refractivity (Wildman–Crippen MR) is 168 cm³/mol. The number of hydrogen-bond donors (Lipinski definition) is 1. The lowest BCUT2D eigenvalue weighted by molar-refractivity contribution is -0.141. The molecule has 1 saturated carbocycles. The monoisotopic (exact) mass is 652 g/mol. The van der Waals surface area contributed by atoms with Crippen LogP contribution in [0, 0.1) is 16.7 Å². The molecule has 1 N–H and O–H groups in total. The molecule has 8 nitrogen and oxygen atoms in total. The van der Waals surface area contributed by atoms with Gasteiger partial charge in [-0.25, -0.2) is 4.79 Å². The first kappa shape index (κ1) is 29.8. The van der Waals surface area contributed by atoms with E-state index in [2.05, 4.69) is 20.9 Å². The minimum atomic E-state index is -4.60. The molecule has 2 fully saturated rings. The average molecular weight is 653 g/mol. The minimum absolute atomic E-state index is 0.148. The zero-order chi connectivity index (χ0) is 31.5. The lowest BCUT2D eigenvalue weighted by Gasteiger charge is -2.32. The number of fused-ring (bicyclic) bond motifs is 2. The molecule has 0 atom stereocenters. The van der Waals surface area contributed by atoms with Crippen molar-refractivity contribution in [2.24, 2.45) is 5.41 Å². The second-order valence-corrected chi connectivity index (χ2v) is 13.6. The van der Waals surface area contributed by atoms with E-state index >= 15 is 0 Å². The van der Waals surface area contributed by atoms with Crippen molar-refractivity contribution in [2.45, 2.75) is 57.4 Å². The topological polar surface area (TPSA) is 97.6 Å². The highest BCUT2D eigenvalue weighted by molar-refractivity contribution is 7.19. The Labute approximate surface area is 264 Å². The van der Waals surface area contributed by atoms with Crippen LogP contribution in [0.1, 0.15) is 42.2 Å². The van der Waals surface area contributed by atoms with Gasteiger partial charge in [0.2, 0.25) is 0 Å². The zero-order valence-electron chi connectivity index (χ0n) is 24.0. The number of benzene rings is 1. The van der Waals surface area contributed by atoms with Crippen LogP contribution in [-0.4, -0.2) is 38.0 Å². The van der Waals surface area contributed by atoms with Crippen molar-refractivity contribution in [3.8, 4) is 17.2 Å². The molecule has 1 aromatic carbocycles. The number of hydrogen-bond acceptors (Lipinski definition) is 6. The molecule has 0 radical (unpaired) electrons. The SMILES string of the molecule is N#CC1(Cn2ccc3cc(Cl)cc(-c4ccnc5cc(Cn6c(=O)cc(C7CC7)n(CC(F)(F)F)c6=O)sc45)c32)CCNCC1. The zero-order valence-corrected chi connectivity index (χ0v) is 25.6. The number of rotatable bonds is 7. The second kappa shape index (κ2) is 11.2. The van der Waals surface area contributed by atoms with Crippen LogP contribution in [0.25, 0.3) is 32.2 Å². The molecule has 232 valence electrons. The molecule has 0 amide bonds. The van der Waals surface area contributed by atoms with Crippen LogP contribution in [0.3, 0.4) is 0 Å². The molecule has 7 rings (SSSR count). The number of piperidine rings is 1. The Bertz CT molecular complexity index is 2110. The summed E-state index contributed by atoms with van der Waals surface area (Å²) >= 11 is 7.92. The predicted octanol–water partition coefficient (Wildman–Crippen LogP) is 6.28. The van der Waals surface area contributed by atoms with Crippen LogP contribution in [0.5, 0.6) is 0 Å². The van der Waals surface area contributed by atoms with Gasteiger partial charge in [0.05, 0.1) is 33.8 Å². The first-order chi connectivity index (χ1) is 21.5. The van der Waals surface area contributed by atoms with E-state index in [0.717, 1.165) is 57.2 Å². The van der Waals surface area contributed by atoms with Gasteiger partial charge in [-0.3, -0.25) is 18.9 Å². The van der Waals surface area contributed by atoms with Crippen molar-refractivity contribution >= 4 is 44.1 Å². The Morgan fingerprint density at radius 3 is 2.58 bits per heavy atom. The molecule has 4 aromatic heterocycles. The van der Waals surface area contributed by atoms with Crippen molar-refractivity contribution in [1.82, 2.24) is 24.0 Å². The average Bonchev–Trinajstić information content (AvgIpc) is 3.65. The molecule has 0 unspecified atom stereocenters. The molecule has 1 saturated heterocycles. The highest BCUT2D eigenvalue weighted by Gasteiger charge is 2.35. The number of nitrogens with one attached hydrogen (secondary N) is 1. The van der Waals surface area contributed by atoms with Gasteiger partial charge >= 0.3 is 11.9 Å². The Hall–Kier alpha value is -3.92. The third kappa shape index (κ3) is 5.69. The molecular formula is C32H28ClF3N6O2S. The van der Waals surface area contributed by atoms with E-state index < -0.39 is 29.4 Å². The fourth-order valence-electron chi connectivity index (χ4n) is 6.45. The van der Waals surface area contributed by atoms with Gasteiger partial charge in [0, 0.05) is 57.1 Å². The summed E-state index contributed by atoms with van der Waals surface area (Å²) in [6, 6.07) is 13.1. The smallest absolute Gasteiger partial charge is 0.345 e. The third-order valence-electron chi connectivity index (χ3n) is 8.81. The lowest BCUT2D eigenvalue weighted by atomic mass is 9.80. The van der Waals surface area contributed by atoms with Crippen molar-refractivity contribution in [1.29, 1.82) is 5.26 Å². The number of alkyl halides is 3. The summed E-state index contributed by atoms with van der Waals surface area (Å²) in [6.07, 6.45) is 1.84. The van der Waals surface area contributed by atoms with E-state index in [-0.39, 0.29) is 18.2 Å². The lowest BCUT2D eigenvalue weighted by Crippen LogP contribution is -2.43. The van der Waals surface area contributed by atoms with E-state index in [1.165, 1.54) is 17.4 Å². The third-order valence-corrected chi connectivity index (χ3v) is 10.2. The molecule has 2 aliphatic rings. The van der Waals surface area contributed by atoms with Crippen molar-refractivity contribution in [2.75, 3.05) is 13.1 Å². The Morgan fingerprint density at radius 1 is 1.09 bits per heavy atom. The summed E-state index contributed by atoms with van der Waals surface area (Å²) in [5, 5.41) is 14.9. The summed E-state index contributed by atoms with van der Waals surface area (Å²) in [5.74, 6) is -0.204. The molecule has 1 aliphatic carbocycles. The van der Waals surface area contributed by atoms with E-state index in [1.54, 1.807) is 12.3 Å². The molecular weight excluding hydrogens is 625 g/mol. The first-order valence-electron chi connectivity index (χ1n) is 14.7. The number of nitriles is 1. The summed E-state index contributed by atoms with van der Waals surface area (Å²) < 4.78 is 44.7. The van der Waals surface area contributed by atoms with Gasteiger partial charge in [-0.2, -0.15) is 18.4 Å². The van der Waals surface area contributed by atoms with E-state index in [0.29, 0.717) is 39.4 Å². The van der Waals surface area contributed by atoms with Crippen molar-refractivity contribution in [3.05, 3.63) is 85.2 Å². The van der Waals surface area contributed by atoms with Crippen molar-refractivity contribution < 1.29 is 13.2 Å². The summed E-state index contributed by atoms with van der Waals surface area (Å²) in [7, 11) is 0. The Kier molecular flexibility index (Phi) is 7.38. The van der Waals surface area contributed by atoms with E-state index in [1.807, 2.05) is 30.5 Å². The molecule has 13 heteroatoms. The van der Waals surface area contributed by atoms with Gasteiger partial charge in [-0.15, -0.1) is 11.3 Å². The van der Waals surface area contributed by atoms with Crippen LogP contribution in [0.15, 0.2) is 58.4 Å². The number of halogens is 4. The summed E-state index contributed by atoms with van der Waals surface area (Å²) in [4.78, 5) is 31.5. The molecule has 0 spiro atoms. The number of pyridine rings is 1. The van der Waals surface area contributed by atoms with Crippen molar-refractivity contribution in [3.63, 3.8) is 0 Å². The van der Waals surface area contributed by atoms with E-state index in [9.17, 15) is 28.0 Å². The fourth-order valence-corrected chi connectivity index (χ4v) is 7.81. The maximum absolute atomic E-state index is 13.4. The number of aromatic nitrogens is 4. The van der Waals surface area contributed by atoms with Gasteiger partial charge in [0.15, 0.2) is 0 Å². The standard InChI is InChI=1S/C32H28ClF3N6O2S/c33-21-11-20-4-10-40(17-31(16-37)5-8-38-9-6-31)28(20)24(12-21)23-3-7-39-25-13-22(45-29(23)25)15-41-27(43)14-26(19-1-2-19)42(30(41)44)18-32(34,35)36/h3-4,7,10-14,19,38H,1-2,5-6,8-9,15,17-18H2. The number of nitrogens with zero attached hydrogens (tertiary/aromatic N) is 5. The normalized spacial score (nSPS) is 16.8. The quantitative estimate of drug-likeness (QED) is 0.223. The number of thiophene rings is 1. The Morgan fingerprint density at radius 2 is 1.87 bits per heavy atom. The van der Waals surface area contributed by atoms with Gasteiger partial charge in [0.25, 0.3) is 5.56 Å². The molecule has 1 aliphatic heterocycles. The maximum Gasteiger partial charge on any atom is 0.406 e. The molecule has 5 heterocycles. The second-order valence-electron chi connectivity index (χ2n) is 12.0. The Balaban J connectivity index is 1.31. The van der Waals surface area contributed by atoms with Gasteiger partial charge < -0.3 is 9.88 Å². The van der Waals surface area contributed by atoms with Gasteiger partial charge in [-0.05, 0) is 75.0 Å². The molecule has 5 aromatic rings. The molecule has 45 heavy (non-hydrogen) atoms. The van der Waals surface area contributed by atoms with E-state index in [4.69, 9.17) is 11.6 Å². The van der Waals surface area contributed by atoms with Gasteiger partial charge in [0.1, 0.15) is 6.54 Å². The summed E-state index contributed by atoms with van der Waals surface area (Å²) in [5.41, 5.74) is 1.31. The first-order valence-corrected chi connectivity index (χ1v) is 15.9. The van der Waals surface area contributed by atoms with Crippen LogP contribution in [0.2, 0.25) is 5.02 Å². The highest BCUT2D eigenvalue weighted by Crippen LogP contribution is 2.41. The van der Waals surface area contributed by atoms with Crippen LogP contribution in [0.4, 0.5) is 13.2 Å². The maximum atomic E-state index is 13.4. The van der Waals surface area contributed by atoms with Crippen LogP contribution >= 0.6 is 22.9 Å². The minimum Gasteiger partial charge on any atom is -0.345 e. The highest BCUT2D eigenvalue weighted by atomic mass is 35.5. The van der Waals surface area contributed by atoms with Gasteiger partial charge in [-0.1, -0.05) is 11.6 Å². The largest absolute Gasteiger partial charge is 0.406 e. The molecule has 0 bridgehead atoms. The fraction of sp³-hybridized carbons (Fsp3) is 0.375. The van der Waals surface area contributed by atoms with Crippen LogP contribution < -0.4 is 16.6 Å².